The van der Waals surface area contributed by atoms with Gasteiger partial charge in [0.15, 0.2) is 5.16 Å². The number of carboxylic acids is 1. The molecule has 0 aliphatic rings. The molecule has 0 aliphatic heterocycles. The Kier molecular flexibility index (Phi) is 4.77. The summed E-state index contributed by atoms with van der Waals surface area (Å²) in [6.07, 6.45) is 1.51. The fraction of sp³-hybridized carbons (Fsp3) is 0.500. The van der Waals surface area contributed by atoms with Crippen LogP contribution >= 0.6 is 11.8 Å². The summed E-state index contributed by atoms with van der Waals surface area (Å²) in [7, 11) is 0. The average molecular weight is 244 g/mol. The van der Waals surface area contributed by atoms with Crippen LogP contribution in [0.25, 0.3) is 0 Å². The van der Waals surface area contributed by atoms with Crippen molar-refractivity contribution in [1.29, 1.82) is 0 Å². The van der Waals surface area contributed by atoms with Crippen LogP contribution in [0.15, 0.2) is 11.5 Å². The minimum absolute atomic E-state index is 0.0567. The number of carbonyl (C=O) groups excluding carboxylic acids is 1. The first-order valence-corrected chi connectivity index (χ1v) is 5.55. The zero-order chi connectivity index (χ0) is 12.0. The van der Waals surface area contributed by atoms with Crippen LogP contribution in [0, 0.1) is 0 Å². The van der Waals surface area contributed by atoms with Crippen molar-refractivity contribution in [3.05, 3.63) is 6.33 Å². The largest absolute Gasteiger partial charge is 0.481 e. The first-order chi connectivity index (χ1) is 7.59. The first kappa shape index (κ1) is 12.5. The monoisotopic (exact) mass is 244 g/mol. The van der Waals surface area contributed by atoms with Crippen molar-refractivity contribution in [3.63, 3.8) is 0 Å². The molecule has 1 aromatic rings. The van der Waals surface area contributed by atoms with Crippen LogP contribution in [0.5, 0.6) is 0 Å². The Morgan fingerprint density at radius 3 is 3.00 bits per heavy atom. The molecule has 8 heteroatoms. The topological polar surface area (TPSA) is 97.1 Å². The fourth-order valence-corrected chi connectivity index (χ4v) is 1.65. The highest BCUT2D eigenvalue weighted by atomic mass is 32.2. The van der Waals surface area contributed by atoms with Gasteiger partial charge in [-0.1, -0.05) is 11.8 Å². The van der Waals surface area contributed by atoms with Gasteiger partial charge in [-0.3, -0.25) is 9.59 Å². The van der Waals surface area contributed by atoms with Gasteiger partial charge in [0.2, 0.25) is 5.91 Å². The molecule has 0 saturated carbocycles. The minimum atomic E-state index is -0.901. The van der Waals surface area contributed by atoms with E-state index in [1.54, 1.807) is 4.57 Å². The minimum Gasteiger partial charge on any atom is -0.481 e. The second-order valence-corrected chi connectivity index (χ2v) is 3.91. The predicted molar refractivity (Wildman–Crippen MR) is 57.1 cm³/mol. The maximum Gasteiger partial charge on any atom is 0.313 e. The number of rotatable bonds is 6. The van der Waals surface area contributed by atoms with Gasteiger partial charge < -0.3 is 15.0 Å². The van der Waals surface area contributed by atoms with Crippen molar-refractivity contribution in [2.45, 2.75) is 18.6 Å². The highest BCUT2D eigenvalue weighted by Crippen LogP contribution is 2.13. The Morgan fingerprint density at radius 2 is 2.38 bits per heavy atom. The van der Waals surface area contributed by atoms with Crippen molar-refractivity contribution in [2.75, 3.05) is 12.3 Å². The first-order valence-electron chi connectivity index (χ1n) is 4.56. The number of hydrogen-bond donors (Lipinski definition) is 2. The number of carboxylic acid groups (broad SMARTS) is 1. The number of aliphatic carboxylic acids is 1. The van der Waals surface area contributed by atoms with Crippen LogP contribution in [-0.4, -0.2) is 44.0 Å². The molecule has 0 aromatic carbocycles. The maximum atomic E-state index is 10.6. The number of amides is 1. The van der Waals surface area contributed by atoms with Gasteiger partial charge in [-0.2, -0.15) is 0 Å². The summed E-state index contributed by atoms with van der Waals surface area (Å²) >= 11 is 1.10. The zero-order valence-electron chi connectivity index (χ0n) is 8.71. The molecule has 2 N–H and O–H groups in total. The van der Waals surface area contributed by atoms with Crippen molar-refractivity contribution in [2.24, 2.45) is 0 Å². The van der Waals surface area contributed by atoms with Gasteiger partial charge in [0.25, 0.3) is 0 Å². The SMILES string of the molecule is CC(=O)NCCn1cnnc1SCC(=O)O. The third kappa shape index (κ3) is 4.30. The number of nitrogens with one attached hydrogen (secondary N) is 1. The molecular formula is C8H12N4O3S. The molecule has 0 atom stereocenters. The van der Waals surface area contributed by atoms with Crippen LogP contribution in [0.3, 0.4) is 0 Å². The second-order valence-electron chi connectivity index (χ2n) is 2.97. The van der Waals surface area contributed by atoms with E-state index in [-0.39, 0.29) is 11.7 Å². The average Bonchev–Trinajstić information content (AvgIpc) is 2.62. The molecule has 16 heavy (non-hydrogen) atoms. The molecule has 0 spiro atoms. The van der Waals surface area contributed by atoms with Gasteiger partial charge in [-0.15, -0.1) is 10.2 Å². The molecule has 0 bridgehead atoms. The third-order valence-electron chi connectivity index (χ3n) is 1.63. The molecule has 7 nitrogen and oxygen atoms in total. The van der Waals surface area contributed by atoms with Gasteiger partial charge in [0.1, 0.15) is 6.33 Å². The highest BCUT2D eigenvalue weighted by molar-refractivity contribution is 7.99. The Labute approximate surface area is 96.2 Å². The van der Waals surface area contributed by atoms with E-state index in [4.69, 9.17) is 5.11 Å². The van der Waals surface area contributed by atoms with E-state index < -0.39 is 5.97 Å². The molecule has 1 amide bonds. The van der Waals surface area contributed by atoms with Gasteiger partial charge in [0, 0.05) is 20.0 Å². The summed E-state index contributed by atoms with van der Waals surface area (Å²) in [6.45, 7) is 2.43. The number of thioether (sulfide) groups is 1. The molecule has 88 valence electrons. The smallest absolute Gasteiger partial charge is 0.313 e. The number of hydrogen-bond acceptors (Lipinski definition) is 5. The van der Waals surface area contributed by atoms with Crippen molar-refractivity contribution >= 4 is 23.6 Å². The predicted octanol–water partition coefficient (Wildman–Crippen LogP) is -0.409. The molecule has 0 radical (unpaired) electrons. The quantitative estimate of drug-likeness (QED) is 0.660. The molecule has 1 aromatic heterocycles. The Balaban J connectivity index is 2.43. The van der Waals surface area contributed by atoms with Gasteiger partial charge in [0.05, 0.1) is 5.75 Å². The Bertz CT molecular complexity index is 379. The lowest BCUT2D eigenvalue weighted by Gasteiger charge is -2.05. The normalized spacial score (nSPS) is 10.1. The van der Waals surface area contributed by atoms with Crippen LogP contribution in [0.1, 0.15) is 6.92 Å². The molecule has 1 rings (SSSR count). The van der Waals surface area contributed by atoms with E-state index in [1.165, 1.54) is 13.3 Å². The molecule has 0 saturated heterocycles. The summed E-state index contributed by atoms with van der Waals surface area (Å²) in [5.41, 5.74) is 0. The van der Waals surface area contributed by atoms with E-state index in [1.807, 2.05) is 0 Å². The van der Waals surface area contributed by atoms with E-state index in [0.29, 0.717) is 18.2 Å². The van der Waals surface area contributed by atoms with E-state index in [9.17, 15) is 9.59 Å². The fourth-order valence-electron chi connectivity index (χ4n) is 0.988. The van der Waals surface area contributed by atoms with Gasteiger partial charge in [-0.25, -0.2) is 0 Å². The van der Waals surface area contributed by atoms with Crippen LogP contribution in [0.2, 0.25) is 0 Å². The lowest BCUT2D eigenvalue weighted by molar-refractivity contribution is -0.133. The lowest BCUT2D eigenvalue weighted by atomic mass is 10.6. The zero-order valence-corrected chi connectivity index (χ0v) is 9.53. The Morgan fingerprint density at radius 1 is 1.62 bits per heavy atom. The molecule has 0 unspecified atom stereocenters. The van der Waals surface area contributed by atoms with Crippen molar-refractivity contribution in [1.82, 2.24) is 20.1 Å². The van der Waals surface area contributed by atoms with E-state index >= 15 is 0 Å². The summed E-state index contributed by atoms with van der Waals surface area (Å²) in [5.74, 6) is -1.06. The maximum absolute atomic E-state index is 10.6. The number of carbonyl (C=O) groups is 2. The number of aromatic nitrogens is 3. The Hall–Kier alpha value is -1.57. The van der Waals surface area contributed by atoms with Crippen LogP contribution < -0.4 is 5.32 Å². The highest BCUT2D eigenvalue weighted by Gasteiger charge is 2.07. The number of nitrogens with zero attached hydrogens (tertiary/aromatic N) is 3. The van der Waals surface area contributed by atoms with Crippen LogP contribution in [-0.2, 0) is 16.1 Å². The summed E-state index contributed by atoms with van der Waals surface area (Å²) in [5, 5.41) is 19.2. The summed E-state index contributed by atoms with van der Waals surface area (Å²) < 4.78 is 1.70. The lowest BCUT2D eigenvalue weighted by Crippen LogP contribution is -2.24. The molecular weight excluding hydrogens is 232 g/mol. The van der Waals surface area contributed by atoms with Crippen LogP contribution in [0.4, 0.5) is 0 Å². The second kappa shape index (κ2) is 6.11. The van der Waals surface area contributed by atoms with E-state index in [2.05, 4.69) is 15.5 Å². The van der Waals surface area contributed by atoms with E-state index in [0.717, 1.165) is 11.8 Å². The molecule has 0 aliphatic carbocycles. The van der Waals surface area contributed by atoms with Crippen molar-refractivity contribution in [3.8, 4) is 0 Å². The van der Waals surface area contributed by atoms with Crippen molar-refractivity contribution < 1.29 is 14.7 Å². The summed E-state index contributed by atoms with van der Waals surface area (Å²) in [4.78, 5) is 21.0. The molecule has 1 heterocycles. The third-order valence-corrected chi connectivity index (χ3v) is 2.60. The van der Waals surface area contributed by atoms with Gasteiger partial charge >= 0.3 is 5.97 Å². The van der Waals surface area contributed by atoms with Gasteiger partial charge in [-0.05, 0) is 0 Å². The molecule has 0 fully saturated rings. The standard InChI is InChI=1S/C8H12N4O3S/c1-6(13)9-2-3-12-5-10-11-8(12)16-4-7(14)15/h5H,2-4H2,1H3,(H,9,13)(H,14,15). The summed E-state index contributed by atoms with van der Waals surface area (Å²) in [6, 6.07) is 0.